The third kappa shape index (κ3) is 4.00. The van der Waals surface area contributed by atoms with Crippen molar-refractivity contribution in [2.75, 3.05) is 44.2 Å². The van der Waals surface area contributed by atoms with E-state index in [9.17, 15) is 0 Å². The summed E-state index contributed by atoms with van der Waals surface area (Å²) in [7, 11) is 4.95. The molecular formula is C26H30N2O3. The predicted molar refractivity (Wildman–Crippen MR) is 126 cm³/mol. The van der Waals surface area contributed by atoms with Crippen molar-refractivity contribution in [3.05, 3.63) is 77.4 Å². The van der Waals surface area contributed by atoms with Crippen molar-refractivity contribution in [2.45, 2.75) is 20.0 Å². The van der Waals surface area contributed by atoms with Gasteiger partial charge in [0.2, 0.25) is 5.75 Å². The second-order valence-electron chi connectivity index (χ2n) is 7.89. The first-order chi connectivity index (χ1) is 15.0. The van der Waals surface area contributed by atoms with Gasteiger partial charge in [0.25, 0.3) is 0 Å². The molecule has 0 radical (unpaired) electrons. The highest BCUT2D eigenvalue weighted by atomic mass is 16.5. The highest BCUT2D eigenvalue weighted by Gasteiger charge is 2.35. The Morgan fingerprint density at radius 2 is 1.06 bits per heavy atom. The predicted octanol–water partition coefficient (Wildman–Crippen LogP) is 5.35. The minimum Gasteiger partial charge on any atom is -0.493 e. The SMILES string of the molecule is COc1cc(C2N(c3ccc(C)cc3)CCN2c2ccc(C)cc2)cc(OC)c1OC. The van der Waals surface area contributed by atoms with Crippen LogP contribution in [0, 0.1) is 13.8 Å². The number of rotatable bonds is 6. The second-order valence-corrected chi connectivity index (χ2v) is 7.89. The Hall–Kier alpha value is -3.34. The quantitative estimate of drug-likeness (QED) is 0.539. The molecule has 0 amide bonds. The van der Waals surface area contributed by atoms with Crippen molar-refractivity contribution in [3.63, 3.8) is 0 Å². The number of nitrogens with zero attached hydrogens (tertiary/aromatic N) is 2. The molecule has 0 bridgehead atoms. The van der Waals surface area contributed by atoms with Crippen molar-refractivity contribution < 1.29 is 14.2 Å². The van der Waals surface area contributed by atoms with Crippen LogP contribution in [0.25, 0.3) is 0 Å². The average molecular weight is 419 g/mol. The van der Waals surface area contributed by atoms with Crippen LogP contribution in [-0.4, -0.2) is 34.4 Å². The summed E-state index contributed by atoms with van der Waals surface area (Å²) in [5.41, 5.74) is 5.98. The lowest BCUT2D eigenvalue weighted by Crippen LogP contribution is -2.31. The minimum atomic E-state index is -0.000816. The van der Waals surface area contributed by atoms with Gasteiger partial charge < -0.3 is 24.0 Å². The summed E-state index contributed by atoms with van der Waals surface area (Å²) in [6, 6.07) is 21.5. The lowest BCUT2D eigenvalue weighted by Gasteiger charge is -2.34. The van der Waals surface area contributed by atoms with Crippen LogP contribution in [0.1, 0.15) is 22.9 Å². The van der Waals surface area contributed by atoms with Gasteiger partial charge in [0, 0.05) is 30.0 Å². The largest absolute Gasteiger partial charge is 0.493 e. The molecule has 1 aliphatic rings. The number of hydrogen-bond acceptors (Lipinski definition) is 5. The molecule has 0 spiro atoms. The molecule has 3 aromatic carbocycles. The third-order valence-corrected chi connectivity index (χ3v) is 5.89. The van der Waals surface area contributed by atoms with Crippen LogP contribution in [0.2, 0.25) is 0 Å². The Morgan fingerprint density at radius 3 is 1.42 bits per heavy atom. The first-order valence-corrected chi connectivity index (χ1v) is 10.5. The molecule has 5 nitrogen and oxygen atoms in total. The minimum absolute atomic E-state index is 0.000816. The zero-order valence-corrected chi connectivity index (χ0v) is 18.9. The van der Waals surface area contributed by atoms with Crippen molar-refractivity contribution in [1.29, 1.82) is 0 Å². The molecule has 0 aromatic heterocycles. The second kappa shape index (κ2) is 8.80. The first kappa shape index (κ1) is 20.9. The summed E-state index contributed by atoms with van der Waals surface area (Å²) in [4.78, 5) is 4.86. The lowest BCUT2D eigenvalue weighted by molar-refractivity contribution is 0.323. The number of methoxy groups -OCH3 is 3. The van der Waals surface area contributed by atoms with Crippen LogP contribution in [0.4, 0.5) is 11.4 Å². The lowest BCUT2D eigenvalue weighted by atomic mass is 10.1. The molecule has 3 aromatic rings. The van der Waals surface area contributed by atoms with Gasteiger partial charge in [0.15, 0.2) is 11.5 Å². The maximum absolute atomic E-state index is 5.65. The normalized spacial score (nSPS) is 14.1. The Kier molecular flexibility index (Phi) is 5.94. The topological polar surface area (TPSA) is 34.2 Å². The Bertz CT molecular complexity index is 953. The third-order valence-electron chi connectivity index (χ3n) is 5.89. The van der Waals surface area contributed by atoms with E-state index in [2.05, 4.69) is 84.3 Å². The van der Waals surface area contributed by atoms with Crippen LogP contribution in [0.3, 0.4) is 0 Å². The molecule has 1 fully saturated rings. The molecule has 0 saturated carbocycles. The highest BCUT2D eigenvalue weighted by molar-refractivity contribution is 5.62. The van der Waals surface area contributed by atoms with Gasteiger partial charge in [0.1, 0.15) is 6.17 Å². The smallest absolute Gasteiger partial charge is 0.203 e. The van der Waals surface area contributed by atoms with Crippen LogP contribution >= 0.6 is 0 Å². The number of aryl methyl sites for hydroxylation is 2. The van der Waals surface area contributed by atoms with Crippen molar-refractivity contribution in [2.24, 2.45) is 0 Å². The van der Waals surface area contributed by atoms with Gasteiger partial charge in [-0.25, -0.2) is 0 Å². The molecule has 0 unspecified atom stereocenters. The molecule has 162 valence electrons. The van der Waals surface area contributed by atoms with Crippen LogP contribution in [0.5, 0.6) is 17.2 Å². The fourth-order valence-corrected chi connectivity index (χ4v) is 4.25. The zero-order chi connectivity index (χ0) is 22.0. The van der Waals surface area contributed by atoms with Crippen molar-refractivity contribution >= 4 is 11.4 Å². The average Bonchev–Trinajstić information content (AvgIpc) is 3.24. The van der Waals surface area contributed by atoms with Crippen LogP contribution in [-0.2, 0) is 0 Å². The fraction of sp³-hybridized carbons (Fsp3) is 0.308. The molecule has 1 saturated heterocycles. The molecule has 5 heteroatoms. The van der Waals surface area contributed by atoms with Gasteiger partial charge in [-0.3, -0.25) is 0 Å². The molecule has 0 aliphatic carbocycles. The zero-order valence-electron chi connectivity index (χ0n) is 18.9. The Morgan fingerprint density at radius 1 is 0.645 bits per heavy atom. The standard InChI is InChI=1S/C26H30N2O3/c1-18-6-10-21(11-7-18)27-14-15-28(22-12-8-19(2)9-13-22)26(27)20-16-23(29-3)25(31-5)24(17-20)30-4/h6-13,16-17,26H,14-15H2,1-5H3. The first-order valence-electron chi connectivity index (χ1n) is 10.5. The van der Waals surface area contributed by atoms with E-state index >= 15 is 0 Å². The van der Waals surface area contributed by atoms with Gasteiger partial charge in [0.05, 0.1) is 21.3 Å². The van der Waals surface area contributed by atoms with Gasteiger partial charge >= 0.3 is 0 Å². The molecule has 31 heavy (non-hydrogen) atoms. The molecular weight excluding hydrogens is 388 g/mol. The fourth-order valence-electron chi connectivity index (χ4n) is 4.25. The van der Waals surface area contributed by atoms with Gasteiger partial charge in [-0.15, -0.1) is 0 Å². The highest BCUT2D eigenvalue weighted by Crippen LogP contribution is 2.44. The molecule has 4 rings (SSSR count). The summed E-state index contributed by atoms with van der Waals surface area (Å²) in [6.07, 6.45) is -0.000816. The van der Waals surface area contributed by atoms with E-state index in [0.717, 1.165) is 18.7 Å². The van der Waals surface area contributed by atoms with E-state index in [4.69, 9.17) is 14.2 Å². The number of benzene rings is 3. The van der Waals surface area contributed by atoms with E-state index in [1.54, 1.807) is 21.3 Å². The summed E-state index contributed by atoms with van der Waals surface area (Å²) in [5.74, 6) is 1.93. The van der Waals surface area contributed by atoms with Crippen molar-refractivity contribution in [3.8, 4) is 17.2 Å². The molecule has 0 atom stereocenters. The Labute approximate surface area is 184 Å². The number of anilines is 2. The number of hydrogen-bond donors (Lipinski definition) is 0. The van der Waals surface area contributed by atoms with Crippen LogP contribution < -0.4 is 24.0 Å². The van der Waals surface area contributed by atoms with E-state index in [-0.39, 0.29) is 6.17 Å². The molecule has 1 aliphatic heterocycles. The summed E-state index contributed by atoms with van der Waals surface area (Å²) in [5, 5.41) is 0. The maximum atomic E-state index is 5.65. The summed E-state index contributed by atoms with van der Waals surface area (Å²) < 4.78 is 16.8. The van der Waals surface area contributed by atoms with Gasteiger partial charge in [-0.2, -0.15) is 0 Å². The summed E-state index contributed by atoms with van der Waals surface area (Å²) >= 11 is 0. The van der Waals surface area contributed by atoms with E-state index < -0.39 is 0 Å². The van der Waals surface area contributed by atoms with E-state index in [0.29, 0.717) is 17.2 Å². The number of ether oxygens (including phenoxy) is 3. The van der Waals surface area contributed by atoms with E-state index in [1.165, 1.54) is 22.5 Å². The van der Waals surface area contributed by atoms with E-state index in [1.807, 2.05) is 0 Å². The monoisotopic (exact) mass is 418 g/mol. The van der Waals surface area contributed by atoms with Gasteiger partial charge in [-0.05, 0) is 50.2 Å². The Balaban J connectivity index is 1.84. The molecule has 1 heterocycles. The van der Waals surface area contributed by atoms with Crippen LogP contribution in [0.15, 0.2) is 60.7 Å². The van der Waals surface area contributed by atoms with Gasteiger partial charge in [-0.1, -0.05) is 35.4 Å². The molecule has 0 N–H and O–H groups in total. The van der Waals surface area contributed by atoms with Crippen molar-refractivity contribution in [1.82, 2.24) is 0 Å². The maximum Gasteiger partial charge on any atom is 0.203 e. The summed E-state index contributed by atoms with van der Waals surface area (Å²) in [6.45, 7) is 6.06.